The molecule has 1 aliphatic heterocycles. The van der Waals surface area contributed by atoms with Gasteiger partial charge < -0.3 is 9.47 Å². The first kappa shape index (κ1) is 12.6. The fourth-order valence-electron chi connectivity index (χ4n) is 1.87. The van der Waals surface area contributed by atoms with Crippen LogP contribution in [0, 0.1) is 0 Å². The maximum Gasteiger partial charge on any atom is 0.231 e. The maximum atomic E-state index is 5.97. The highest BCUT2D eigenvalue weighted by atomic mass is 16.7. The Hall–Kier alpha value is -0.855. The van der Waals surface area contributed by atoms with Gasteiger partial charge in [0.15, 0.2) is 11.5 Å². The summed E-state index contributed by atoms with van der Waals surface area (Å²) >= 11 is 0. The molecule has 0 bridgehead atoms. The van der Waals surface area contributed by atoms with Gasteiger partial charge >= 0.3 is 0 Å². The van der Waals surface area contributed by atoms with E-state index in [9.17, 15) is 0 Å². The number of fused-ring (bicyclic) bond motifs is 1. The highest BCUT2D eigenvalue weighted by Gasteiger charge is 2.28. The molecule has 2 rings (SSSR count). The lowest BCUT2D eigenvalue weighted by atomic mass is 9.45. The zero-order valence-electron chi connectivity index (χ0n) is 9.62. The van der Waals surface area contributed by atoms with Crippen LogP contribution in [0.15, 0.2) is 0 Å². The second kappa shape index (κ2) is 4.11. The van der Waals surface area contributed by atoms with E-state index in [0.29, 0.717) is 23.5 Å². The lowest BCUT2D eigenvalue weighted by molar-refractivity contribution is 0.175. The van der Waals surface area contributed by atoms with Gasteiger partial charge in [-0.3, -0.25) is 0 Å². The van der Waals surface area contributed by atoms with Gasteiger partial charge in [-0.1, -0.05) is 35.0 Å². The Morgan fingerprint density at radius 2 is 1.53 bits per heavy atom. The van der Waals surface area contributed by atoms with Crippen LogP contribution < -0.4 is 25.9 Å². The molecule has 1 heterocycles. The first-order valence-electron chi connectivity index (χ1n) is 5.24. The largest absolute Gasteiger partial charge is 0.454 e. The average Bonchev–Trinajstić information content (AvgIpc) is 2.75. The van der Waals surface area contributed by atoms with E-state index in [-0.39, 0.29) is 23.2 Å². The molecule has 0 aromatic heterocycles. The Morgan fingerprint density at radius 1 is 1.00 bits per heavy atom. The predicted molar refractivity (Wildman–Crippen MR) is 72.2 cm³/mol. The molecule has 1 aromatic rings. The SMILES string of the molecule is [B]c1c([B])c(C([B])([B])CC)c([B])c2c1OCO2. The van der Waals surface area contributed by atoms with Gasteiger partial charge in [0, 0.05) is 0 Å². The fourth-order valence-corrected chi connectivity index (χ4v) is 1.87. The molecule has 0 atom stereocenters. The minimum absolute atomic E-state index is 0.0564. The minimum atomic E-state index is -1.15. The molecule has 7 heteroatoms. The molecule has 0 unspecified atom stereocenters. The quantitative estimate of drug-likeness (QED) is 0.514. The van der Waals surface area contributed by atoms with Crippen molar-refractivity contribution in [1.29, 1.82) is 0 Å². The number of hydrogen-bond acceptors (Lipinski definition) is 2. The molecule has 0 aliphatic carbocycles. The highest BCUT2D eigenvalue weighted by molar-refractivity contribution is 6.56. The monoisotopic (exact) mass is 214 g/mol. The van der Waals surface area contributed by atoms with Gasteiger partial charge in [-0.15, -0.1) is 0 Å². The van der Waals surface area contributed by atoms with Gasteiger partial charge in [-0.05, 0) is 5.46 Å². The summed E-state index contributed by atoms with van der Waals surface area (Å²) in [6.45, 7) is 1.89. The standard InChI is InChI=1S/C10H7B5O2/c1-2-10(14,15)4-5(11)7(13)9-8(6(4)12)16-3-17-9/h2-3H2,1H3. The molecule has 0 N–H and O–H groups in total. The van der Waals surface area contributed by atoms with Gasteiger partial charge in [0.05, 0.1) is 15.7 Å². The summed E-state index contributed by atoms with van der Waals surface area (Å²) in [4.78, 5) is 0. The van der Waals surface area contributed by atoms with Crippen molar-refractivity contribution in [3.63, 3.8) is 0 Å². The third-order valence-electron chi connectivity index (χ3n) is 2.98. The maximum absolute atomic E-state index is 5.97. The van der Waals surface area contributed by atoms with E-state index in [1.165, 1.54) is 0 Å². The van der Waals surface area contributed by atoms with Crippen molar-refractivity contribution in [2.45, 2.75) is 18.6 Å². The van der Waals surface area contributed by atoms with Gasteiger partial charge in [-0.25, -0.2) is 0 Å². The lowest BCUT2D eigenvalue weighted by Gasteiger charge is -2.31. The minimum Gasteiger partial charge on any atom is -0.454 e. The zero-order chi connectivity index (χ0) is 12.8. The van der Waals surface area contributed by atoms with Crippen LogP contribution in [0.3, 0.4) is 0 Å². The molecule has 0 spiro atoms. The van der Waals surface area contributed by atoms with Crippen LogP contribution in [0.25, 0.3) is 0 Å². The lowest BCUT2D eigenvalue weighted by Crippen LogP contribution is -2.45. The Bertz CT molecular complexity index is 472. The second-order valence-corrected chi connectivity index (χ2v) is 4.07. The Morgan fingerprint density at radius 3 is 2.06 bits per heavy atom. The van der Waals surface area contributed by atoms with Crippen LogP contribution >= 0.6 is 0 Å². The van der Waals surface area contributed by atoms with Gasteiger partial charge in [0.1, 0.15) is 23.5 Å². The first-order chi connectivity index (χ1) is 7.90. The zero-order valence-corrected chi connectivity index (χ0v) is 9.62. The predicted octanol–water partition coefficient (Wildman–Crippen LogP) is -2.30. The van der Waals surface area contributed by atoms with Crippen LogP contribution in [0.2, 0.25) is 0 Å². The normalized spacial score (nSPS) is 13.9. The summed E-state index contributed by atoms with van der Waals surface area (Å²) in [5.41, 5.74) is 1.20. The molecular weight excluding hydrogens is 206 g/mol. The van der Waals surface area contributed by atoms with E-state index < -0.39 is 5.21 Å². The third kappa shape index (κ3) is 1.80. The van der Waals surface area contributed by atoms with Crippen molar-refractivity contribution in [3.8, 4) is 11.5 Å². The van der Waals surface area contributed by atoms with Crippen LogP contribution in [0.4, 0.5) is 0 Å². The molecule has 17 heavy (non-hydrogen) atoms. The van der Waals surface area contributed by atoms with Gasteiger partial charge in [-0.2, -0.15) is 0 Å². The summed E-state index contributed by atoms with van der Waals surface area (Å²) in [7, 11) is 29.7. The van der Waals surface area contributed by atoms with E-state index in [4.69, 9.17) is 48.7 Å². The number of ether oxygens (including phenoxy) is 2. The first-order valence-corrected chi connectivity index (χ1v) is 5.24. The van der Waals surface area contributed by atoms with Crippen LogP contribution in [0.5, 0.6) is 11.5 Å². The van der Waals surface area contributed by atoms with Crippen molar-refractivity contribution in [1.82, 2.24) is 0 Å². The van der Waals surface area contributed by atoms with Crippen molar-refractivity contribution in [3.05, 3.63) is 5.56 Å². The number of benzene rings is 1. The van der Waals surface area contributed by atoms with E-state index in [0.717, 1.165) is 0 Å². The van der Waals surface area contributed by atoms with E-state index in [1.54, 1.807) is 0 Å². The van der Waals surface area contributed by atoms with Crippen molar-refractivity contribution >= 4 is 55.6 Å². The van der Waals surface area contributed by atoms with Crippen molar-refractivity contribution in [2.24, 2.45) is 0 Å². The molecule has 74 valence electrons. The second-order valence-electron chi connectivity index (χ2n) is 4.07. The Kier molecular flexibility index (Phi) is 3.05. The Balaban J connectivity index is 2.73. The molecule has 1 aliphatic rings. The van der Waals surface area contributed by atoms with Crippen LogP contribution in [-0.2, 0) is 5.21 Å². The molecule has 0 amide bonds. The van der Waals surface area contributed by atoms with Crippen molar-refractivity contribution in [2.75, 3.05) is 6.79 Å². The summed E-state index contributed by atoms with van der Waals surface area (Å²) in [6.07, 6.45) is 0.459. The summed E-state index contributed by atoms with van der Waals surface area (Å²) in [5, 5.41) is -1.15. The number of rotatable bonds is 2. The van der Waals surface area contributed by atoms with Crippen LogP contribution in [0.1, 0.15) is 18.9 Å². The smallest absolute Gasteiger partial charge is 0.231 e. The molecule has 10 radical (unpaired) electrons. The average molecular weight is 213 g/mol. The van der Waals surface area contributed by atoms with E-state index in [1.807, 2.05) is 6.92 Å². The molecule has 2 nitrogen and oxygen atoms in total. The summed E-state index contributed by atoms with van der Waals surface area (Å²) in [5.74, 6) is 0.719. The molecule has 0 fully saturated rings. The fraction of sp³-hybridized carbons (Fsp3) is 0.400. The van der Waals surface area contributed by atoms with Crippen molar-refractivity contribution < 1.29 is 9.47 Å². The molecule has 0 saturated carbocycles. The topological polar surface area (TPSA) is 18.5 Å². The highest BCUT2D eigenvalue weighted by Crippen LogP contribution is 2.30. The summed E-state index contributed by atoms with van der Waals surface area (Å²) in [6, 6.07) is 0. The summed E-state index contributed by atoms with van der Waals surface area (Å²) < 4.78 is 10.5. The third-order valence-corrected chi connectivity index (χ3v) is 2.98. The van der Waals surface area contributed by atoms with Gasteiger partial charge in [0.25, 0.3) is 0 Å². The molecular formula is C10H7B5O2. The number of hydrogen-bond donors (Lipinski definition) is 0. The molecule has 0 saturated heterocycles. The van der Waals surface area contributed by atoms with E-state index >= 15 is 0 Å². The van der Waals surface area contributed by atoms with Gasteiger partial charge in [0.2, 0.25) is 6.79 Å². The molecule has 1 aromatic carbocycles. The van der Waals surface area contributed by atoms with Crippen LogP contribution in [-0.4, -0.2) is 46.0 Å². The Labute approximate surface area is 108 Å². The van der Waals surface area contributed by atoms with E-state index in [2.05, 4.69) is 0 Å².